The first-order valence-electron chi connectivity index (χ1n) is 6.58. The van der Waals surface area contributed by atoms with Crippen LogP contribution >= 0.6 is 0 Å². The molecule has 0 aliphatic heterocycles. The molecule has 0 aromatic heterocycles. The highest BCUT2D eigenvalue weighted by Crippen LogP contribution is 2.19. The standard InChI is InChI=1S/C16H20O3Si/c1-18-15-6-4-5-7-16(15)20(2,3)12-19-14-10-8-13(17)9-11-14/h4-11,17H,12H2,1-3H3. The zero-order valence-electron chi connectivity index (χ0n) is 12.1. The molecule has 0 aliphatic carbocycles. The van der Waals surface area contributed by atoms with Gasteiger partial charge in [0, 0.05) is 0 Å². The lowest BCUT2D eigenvalue weighted by Crippen LogP contribution is -2.48. The van der Waals surface area contributed by atoms with Crippen molar-refractivity contribution in [3.8, 4) is 17.2 Å². The van der Waals surface area contributed by atoms with Gasteiger partial charge in [0.2, 0.25) is 0 Å². The van der Waals surface area contributed by atoms with Gasteiger partial charge in [-0.05, 0) is 35.5 Å². The molecular formula is C16H20O3Si. The highest BCUT2D eigenvalue weighted by molar-refractivity contribution is 6.90. The summed E-state index contributed by atoms with van der Waals surface area (Å²) in [6, 6.07) is 14.9. The topological polar surface area (TPSA) is 38.7 Å². The molecule has 0 amide bonds. The zero-order valence-corrected chi connectivity index (χ0v) is 13.1. The maximum absolute atomic E-state index is 9.27. The number of ether oxygens (including phenoxy) is 2. The van der Waals surface area contributed by atoms with E-state index in [-0.39, 0.29) is 5.75 Å². The van der Waals surface area contributed by atoms with Crippen molar-refractivity contribution in [2.75, 3.05) is 13.3 Å². The number of methoxy groups -OCH3 is 1. The Morgan fingerprint density at radius 1 is 1.00 bits per heavy atom. The smallest absolute Gasteiger partial charge is 0.128 e. The van der Waals surface area contributed by atoms with Crippen LogP contribution in [0.15, 0.2) is 48.5 Å². The molecule has 0 fully saturated rings. The number of rotatable bonds is 5. The van der Waals surface area contributed by atoms with Crippen LogP contribution in [-0.4, -0.2) is 26.5 Å². The van der Waals surface area contributed by atoms with Gasteiger partial charge in [-0.15, -0.1) is 0 Å². The van der Waals surface area contributed by atoms with E-state index in [0.717, 1.165) is 11.5 Å². The molecule has 106 valence electrons. The van der Waals surface area contributed by atoms with E-state index in [4.69, 9.17) is 9.47 Å². The van der Waals surface area contributed by atoms with Crippen molar-refractivity contribution in [1.29, 1.82) is 0 Å². The van der Waals surface area contributed by atoms with E-state index < -0.39 is 8.07 Å². The molecule has 0 heterocycles. The van der Waals surface area contributed by atoms with Crippen molar-refractivity contribution in [3.05, 3.63) is 48.5 Å². The summed E-state index contributed by atoms with van der Waals surface area (Å²) in [6.45, 7) is 4.51. The Kier molecular flexibility index (Phi) is 4.34. The molecule has 0 atom stereocenters. The van der Waals surface area contributed by atoms with Crippen LogP contribution in [-0.2, 0) is 0 Å². The predicted molar refractivity (Wildman–Crippen MR) is 83.7 cm³/mol. The summed E-state index contributed by atoms with van der Waals surface area (Å²) in [6.07, 6.45) is 0.665. The first kappa shape index (κ1) is 14.5. The molecular weight excluding hydrogens is 268 g/mol. The summed E-state index contributed by atoms with van der Waals surface area (Å²) in [5.74, 6) is 1.95. The fourth-order valence-corrected chi connectivity index (χ4v) is 4.17. The lowest BCUT2D eigenvalue weighted by atomic mass is 10.3. The molecule has 3 nitrogen and oxygen atoms in total. The van der Waals surface area contributed by atoms with Gasteiger partial charge in [-0.1, -0.05) is 31.3 Å². The van der Waals surface area contributed by atoms with Gasteiger partial charge in [0.1, 0.15) is 25.3 Å². The van der Waals surface area contributed by atoms with Gasteiger partial charge in [-0.3, -0.25) is 0 Å². The molecule has 2 rings (SSSR count). The quantitative estimate of drug-likeness (QED) is 0.860. The summed E-state index contributed by atoms with van der Waals surface area (Å²) in [7, 11) is -0.0525. The normalized spacial score (nSPS) is 11.2. The van der Waals surface area contributed by atoms with Crippen molar-refractivity contribution in [3.63, 3.8) is 0 Å². The molecule has 0 spiro atoms. The Hall–Kier alpha value is -1.94. The highest BCUT2D eigenvalue weighted by Gasteiger charge is 2.28. The molecule has 4 heteroatoms. The van der Waals surface area contributed by atoms with Gasteiger partial charge in [0.05, 0.1) is 13.3 Å². The molecule has 0 bridgehead atoms. The van der Waals surface area contributed by atoms with Crippen LogP contribution in [0.25, 0.3) is 0 Å². The van der Waals surface area contributed by atoms with Crippen molar-refractivity contribution < 1.29 is 14.6 Å². The Morgan fingerprint density at radius 3 is 2.30 bits per heavy atom. The van der Waals surface area contributed by atoms with E-state index in [0.29, 0.717) is 6.23 Å². The van der Waals surface area contributed by atoms with Gasteiger partial charge in [-0.25, -0.2) is 0 Å². The van der Waals surface area contributed by atoms with E-state index >= 15 is 0 Å². The molecule has 2 aromatic rings. The van der Waals surface area contributed by atoms with Crippen molar-refractivity contribution in [2.45, 2.75) is 13.1 Å². The number of hydrogen-bond donors (Lipinski definition) is 1. The summed E-state index contributed by atoms with van der Waals surface area (Å²) in [5, 5.41) is 10.5. The number of phenols is 1. The van der Waals surface area contributed by atoms with Crippen LogP contribution in [0, 0.1) is 0 Å². The van der Waals surface area contributed by atoms with Gasteiger partial charge in [0.25, 0.3) is 0 Å². The number of aromatic hydroxyl groups is 1. The second-order valence-electron chi connectivity index (χ2n) is 5.37. The lowest BCUT2D eigenvalue weighted by Gasteiger charge is -2.25. The Bertz CT molecular complexity index is 564. The third-order valence-electron chi connectivity index (χ3n) is 3.27. The highest BCUT2D eigenvalue weighted by atomic mass is 28.3. The zero-order chi connectivity index (χ0) is 14.6. The minimum Gasteiger partial charge on any atom is -0.508 e. The second kappa shape index (κ2) is 6.01. The number of benzene rings is 2. The van der Waals surface area contributed by atoms with Crippen molar-refractivity contribution >= 4 is 13.3 Å². The van der Waals surface area contributed by atoms with E-state index in [2.05, 4.69) is 19.2 Å². The molecule has 0 aliphatic rings. The Balaban J connectivity index is 2.12. The van der Waals surface area contributed by atoms with Gasteiger partial charge >= 0.3 is 0 Å². The third kappa shape index (κ3) is 3.33. The van der Waals surface area contributed by atoms with Crippen LogP contribution in [0.4, 0.5) is 0 Å². The molecule has 0 saturated heterocycles. The fraction of sp³-hybridized carbons (Fsp3) is 0.250. The van der Waals surface area contributed by atoms with Crippen molar-refractivity contribution in [1.82, 2.24) is 0 Å². The van der Waals surface area contributed by atoms with E-state index in [1.807, 2.05) is 18.2 Å². The monoisotopic (exact) mass is 288 g/mol. The van der Waals surface area contributed by atoms with Gasteiger partial charge in [-0.2, -0.15) is 0 Å². The minimum atomic E-state index is -1.75. The molecule has 0 unspecified atom stereocenters. The van der Waals surface area contributed by atoms with Crippen LogP contribution in [0.5, 0.6) is 17.2 Å². The maximum atomic E-state index is 9.27. The van der Waals surface area contributed by atoms with Crippen molar-refractivity contribution in [2.24, 2.45) is 0 Å². The maximum Gasteiger partial charge on any atom is 0.128 e. The molecule has 20 heavy (non-hydrogen) atoms. The van der Waals surface area contributed by atoms with Crippen LogP contribution in [0.3, 0.4) is 0 Å². The van der Waals surface area contributed by atoms with Crippen LogP contribution in [0.2, 0.25) is 13.1 Å². The van der Waals surface area contributed by atoms with Gasteiger partial charge in [0.15, 0.2) is 0 Å². The number of phenolic OH excluding ortho intramolecular Hbond substituents is 1. The number of hydrogen-bond acceptors (Lipinski definition) is 3. The summed E-state index contributed by atoms with van der Waals surface area (Å²) in [4.78, 5) is 0. The minimum absolute atomic E-state index is 0.249. The average molecular weight is 288 g/mol. The second-order valence-corrected chi connectivity index (χ2v) is 9.96. The SMILES string of the molecule is COc1ccccc1[Si](C)(C)COc1ccc(O)cc1. The third-order valence-corrected chi connectivity index (χ3v) is 6.01. The van der Waals surface area contributed by atoms with E-state index in [1.54, 1.807) is 31.4 Å². The molecule has 1 N–H and O–H groups in total. The summed E-state index contributed by atoms with van der Waals surface area (Å²) < 4.78 is 11.3. The first-order valence-corrected chi connectivity index (χ1v) is 9.79. The van der Waals surface area contributed by atoms with Gasteiger partial charge < -0.3 is 14.6 Å². The lowest BCUT2D eigenvalue weighted by molar-refractivity contribution is 0.377. The summed E-state index contributed by atoms with van der Waals surface area (Å²) in [5.41, 5.74) is 0. The Labute approximate surface area is 120 Å². The molecule has 0 radical (unpaired) electrons. The largest absolute Gasteiger partial charge is 0.508 e. The number of para-hydroxylation sites is 1. The van der Waals surface area contributed by atoms with E-state index in [9.17, 15) is 5.11 Å². The molecule has 0 saturated carbocycles. The average Bonchev–Trinajstić information content (AvgIpc) is 2.46. The first-order chi connectivity index (χ1) is 9.53. The van der Waals surface area contributed by atoms with E-state index in [1.165, 1.54) is 5.19 Å². The predicted octanol–water partition coefficient (Wildman–Crippen LogP) is 2.93. The van der Waals surface area contributed by atoms with Crippen LogP contribution in [0.1, 0.15) is 0 Å². The Morgan fingerprint density at radius 2 is 1.65 bits per heavy atom. The van der Waals surface area contributed by atoms with Crippen LogP contribution < -0.4 is 14.7 Å². The molecule has 2 aromatic carbocycles. The fourth-order valence-electron chi connectivity index (χ4n) is 2.09. The summed E-state index contributed by atoms with van der Waals surface area (Å²) >= 11 is 0.